The van der Waals surface area contributed by atoms with Crippen molar-refractivity contribution in [1.29, 1.82) is 0 Å². The zero-order valence-corrected chi connectivity index (χ0v) is 13.4. The van der Waals surface area contributed by atoms with Gasteiger partial charge in [0.2, 0.25) is 0 Å². The first-order valence-electron chi connectivity index (χ1n) is 7.17. The van der Waals surface area contributed by atoms with Crippen molar-refractivity contribution in [2.24, 2.45) is 0 Å². The zero-order valence-electron chi connectivity index (χ0n) is 11.8. The van der Waals surface area contributed by atoms with Gasteiger partial charge in [0.25, 0.3) is 5.91 Å². The Morgan fingerprint density at radius 2 is 2.14 bits per heavy atom. The molecule has 0 saturated carbocycles. The van der Waals surface area contributed by atoms with Gasteiger partial charge in [0.1, 0.15) is 0 Å². The second kappa shape index (κ2) is 5.09. The Labute approximate surface area is 131 Å². The van der Waals surface area contributed by atoms with E-state index in [1.54, 1.807) is 22.7 Å². The van der Waals surface area contributed by atoms with Crippen LogP contribution in [0.15, 0.2) is 30.3 Å². The van der Waals surface area contributed by atoms with Gasteiger partial charge in [-0.3, -0.25) is 4.79 Å². The van der Waals surface area contributed by atoms with Crippen LogP contribution in [0.3, 0.4) is 0 Å². The van der Waals surface area contributed by atoms with Gasteiger partial charge in [-0.25, -0.2) is 0 Å². The van der Waals surface area contributed by atoms with E-state index in [0.29, 0.717) is 0 Å². The number of amides is 1. The SMILES string of the molecule is CC1CNCCN1C(=O)c1cc2sc3ccccc3c2s1. The van der Waals surface area contributed by atoms with Crippen molar-refractivity contribution in [2.75, 3.05) is 19.6 Å². The third-order valence-electron chi connectivity index (χ3n) is 4.02. The van der Waals surface area contributed by atoms with Gasteiger partial charge in [-0.1, -0.05) is 18.2 Å². The molecule has 1 aromatic carbocycles. The number of benzene rings is 1. The van der Waals surface area contributed by atoms with Gasteiger partial charge in [0.05, 0.1) is 9.58 Å². The summed E-state index contributed by atoms with van der Waals surface area (Å²) < 4.78 is 3.78. The standard InChI is InChI=1S/C16H16N2OS2/c1-10-9-17-6-7-18(10)16(19)14-8-13-15(21-14)11-4-2-3-5-12(11)20-13/h2-5,8,10,17H,6-7,9H2,1H3. The predicted octanol–water partition coefficient (Wildman–Crippen LogP) is 3.55. The largest absolute Gasteiger partial charge is 0.333 e. The molecule has 1 atom stereocenters. The number of nitrogens with one attached hydrogen (secondary N) is 1. The molecule has 3 aromatic rings. The topological polar surface area (TPSA) is 32.3 Å². The van der Waals surface area contributed by atoms with Crippen molar-refractivity contribution >= 4 is 48.1 Å². The number of rotatable bonds is 1. The minimum Gasteiger partial charge on any atom is -0.333 e. The second-order valence-corrected chi connectivity index (χ2v) is 7.59. The van der Waals surface area contributed by atoms with Crippen molar-refractivity contribution in [3.8, 4) is 0 Å². The monoisotopic (exact) mass is 316 g/mol. The maximum absolute atomic E-state index is 12.7. The quantitative estimate of drug-likeness (QED) is 0.744. The van der Waals surface area contributed by atoms with Crippen molar-refractivity contribution in [3.63, 3.8) is 0 Å². The summed E-state index contributed by atoms with van der Waals surface area (Å²) in [4.78, 5) is 15.6. The molecular formula is C16H16N2OS2. The maximum Gasteiger partial charge on any atom is 0.264 e. The van der Waals surface area contributed by atoms with Crippen LogP contribution in [0.1, 0.15) is 16.6 Å². The molecule has 108 valence electrons. The summed E-state index contributed by atoms with van der Waals surface area (Å²) in [6, 6.07) is 10.8. The Hall–Kier alpha value is -1.43. The van der Waals surface area contributed by atoms with Crippen LogP contribution in [-0.2, 0) is 0 Å². The van der Waals surface area contributed by atoms with Gasteiger partial charge in [-0.2, -0.15) is 0 Å². The van der Waals surface area contributed by atoms with Crippen LogP contribution in [0.5, 0.6) is 0 Å². The minimum absolute atomic E-state index is 0.182. The van der Waals surface area contributed by atoms with Gasteiger partial charge in [-0.05, 0) is 19.1 Å². The summed E-state index contributed by atoms with van der Waals surface area (Å²) in [5.74, 6) is 0.182. The molecule has 0 aliphatic carbocycles. The summed E-state index contributed by atoms with van der Waals surface area (Å²) in [7, 11) is 0. The van der Waals surface area contributed by atoms with Crippen LogP contribution >= 0.6 is 22.7 Å². The molecule has 1 aliphatic heterocycles. The fourth-order valence-corrected chi connectivity index (χ4v) is 5.37. The van der Waals surface area contributed by atoms with Crippen LogP contribution in [0, 0.1) is 0 Å². The summed E-state index contributed by atoms with van der Waals surface area (Å²) in [6.07, 6.45) is 0. The number of carbonyl (C=O) groups is 1. The molecule has 0 radical (unpaired) electrons. The van der Waals surface area contributed by atoms with Gasteiger partial charge in [0.15, 0.2) is 0 Å². The summed E-state index contributed by atoms with van der Waals surface area (Å²) in [6.45, 7) is 4.68. The third kappa shape index (κ3) is 2.16. The highest BCUT2D eigenvalue weighted by Gasteiger charge is 2.25. The van der Waals surface area contributed by atoms with Crippen LogP contribution in [0.2, 0.25) is 0 Å². The van der Waals surface area contributed by atoms with Crippen molar-refractivity contribution in [2.45, 2.75) is 13.0 Å². The Balaban J connectivity index is 1.74. The minimum atomic E-state index is 0.182. The average molecular weight is 316 g/mol. The van der Waals surface area contributed by atoms with Crippen molar-refractivity contribution in [3.05, 3.63) is 35.2 Å². The van der Waals surface area contributed by atoms with Crippen molar-refractivity contribution in [1.82, 2.24) is 10.2 Å². The molecule has 5 heteroatoms. The number of carbonyl (C=O) groups excluding carboxylic acids is 1. The van der Waals surface area contributed by atoms with E-state index >= 15 is 0 Å². The fourth-order valence-electron chi connectivity index (χ4n) is 2.89. The molecule has 1 saturated heterocycles. The highest BCUT2D eigenvalue weighted by atomic mass is 32.1. The summed E-state index contributed by atoms with van der Waals surface area (Å²) in [5, 5.41) is 4.60. The molecule has 0 bridgehead atoms. The molecule has 1 unspecified atom stereocenters. The molecular weight excluding hydrogens is 300 g/mol. The van der Waals surface area contributed by atoms with E-state index in [-0.39, 0.29) is 11.9 Å². The smallest absolute Gasteiger partial charge is 0.264 e. The molecule has 4 rings (SSSR count). The first kappa shape index (κ1) is 13.2. The normalized spacial score (nSPS) is 19.5. The highest BCUT2D eigenvalue weighted by Crippen LogP contribution is 2.39. The van der Waals surface area contributed by atoms with Crippen LogP contribution in [0.4, 0.5) is 0 Å². The lowest BCUT2D eigenvalue weighted by Crippen LogP contribution is -2.52. The number of hydrogen-bond acceptors (Lipinski definition) is 4. The van der Waals surface area contributed by atoms with Gasteiger partial charge >= 0.3 is 0 Å². The molecule has 1 fully saturated rings. The third-order valence-corrected chi connectivity index (χ3v) is 6.43. The number of thiophene rings is 2. The first-order valence-corrected chi connectivity index (χ1v) is 8.80. The summed E-state index contributed by atoms with van der Waals surface area (Å²) in [5.41, 5.74) is 0. The molecule has 1 aliphatic rings. The van der Waals surface area contributed by atoms with Gasteiger partial charge < -0.3 is 10.2 Å². The molecule has 3 heterocycles. The Kier molecular flexibility index (Phi) is 3.21. The van der Waals surface area contributed by atoms with E-state index in [0.717, 1.165) is 24.5 Å². The lowest BCUT2D eigenvalue weighted by Gasteiger charge is -2.33. The molecule has 21 heavy (non-hydrogen) atoms. The fraction of sp³-hybridized carbons (Fsp3) is 0.312. The summed E-state index contributed by atoms with van der Waals surface area (Å²) >= 11 is 3.41. The Morgan fingerprint density at radius 3 is 3.00 bits per heavy atom. The number of piperazine rings is 1. The number of fused-ring (bicyclic) bond motifs is 3. The number of nitrogens with zero attached hydrogens (tertiary/aromatic N) is 1. The zero-order chi connectivity index (χ0) is 14.4. The molecule has 0 spiro atoms. The van der Waals surface area contributed by atoms with E-state index in [2.05, 4.69) is 42.6 Å². The van der Waals surface area contributed by atoms with E-state index in [4.69, 9.17) is 0 Å². The first-order chi connectivity index (χ1) is 10.2. The van der Waals surface area contributed by atoms with Crippen LogP contribution in [0.25, 0.3) is 19.5 Å². The van der Waals surface area contributed by atoms with Crippen LogP contribution < -0.4 is 5.32 Å². The molecule has 3 nitrogen and oxygen atoms in total. The highest BCUT2D eigenvalue weighted by molar-refractivity contribution is 7.33. The van der Waals surface area contributed by atoms with E-state index in [1.807, 2.05) is 4.90 Å². The molecule has 2 aromatic heterocycles. The van der Waals surface area contributed by atoms with E-state index in [9.17, 15) is 4.79 Å². The lowest BCUT2D eigenvalue weighted by atomic mass is 10.2. The van der Waals surface area contributed by atoms with Crippen molar-refractivity contribution < 1.29 is 4.79 Å². The van der Waals surface area contributed by atoms with E-state index < -0.39 is 0 Å². The Bertz CT molecular complexity index is 820. The van der Waals surface area contributed by atoms with Crippen LogP contribution in [-0.4, -0.2) is 36.5 Å². The predicted molar refractivity (Wildman–Crippen MR) is 90.6 cm³/mol. The van der Waals surface area contributed by atoms with Gasteiger partial charge in [0, 0.05) is 40.5 Å². The van der Waals surface area contributed by atoms with Gasteiger partial charge in [-0.15, -0.1) is 22.7 Å². The maximum atomic E-state index is 12.7. The second-order valence-electron chi connectivity index (χ2n) is 5.45. The number of hydrogen-bond donors (Lipinski definition) is 1. The Morgan fingerprint density at radius 1 is 1.29 bits per heavy atom. The van der Waals surface area contributed by atoms with E-state index in [1.165, 1.54) is 19.5 Å². The average Bonchev–Trinajstić information content (AvgIpc) is 3.04. The lowest BCUT2D eigenvalue weighted by molar-refractivity contribution is 0.0661. The molecule has 1 amide bonds. The molecule has 1 N–H and O–H groups in total.